The Labute approximate surface area is 240 Å². The fourth-order valence-corrected chi connectivity index (χ4v) is 5.60. The van der Waals surface area contributed by atoms with Gasteiger partial charge in [0.05, 0.1) is 24.6 Å². The molecule has 3 aromatic carbocycles. The van der Waals surface area contributed by atoms with Crippen molar-refractivity contribution in [2.75, 3.05) is 40.3 Å². The minimum absolute atomic E-state index is 0.0571. The Kier molecular flexibility index (Phi) is 8.52. The Bertz CT molecular complexity index is 1460. The van der Waals surface area contributed by atoms with Gasteiger partial charge in [0.1, 0.15) is 12.4 Å². The van der Waals surface area contributed by atoms with Gasteiger partial charge in [0.25, 0.3) is 5.91 Å². The van der Waals surface area contributed by atoms with Gasteiger partial charge in [0.2, 0.25) is 17.7 Å². The van der Waals surface area contributed by atoms with Crippen LogP contribution >= 0.6 is 0 Å². The third-order valence-corrected chi connectivity index (χ3v) is 7.86. The first kappa shape index (κ1) is 28.1. The molecule has 2 aliphatic rings. The average molecular weight is 557 g/mol. The first-order chi connectivity index (χ1) is 19.8. The second-order valence-electron chi connectivity index (χ2n) is 10.9. The van der Waals surface area contributed by atoms with E-state index in [1.165, 1.54) is 4.90 Å². The molecule has 4 amide bonds. The number of ether oxygens (including phenoxy) is 1. The summed E-state index contributed by atoms with van der Waals surface area (Å²) in [5, 5.41) is 5.30. The van der Waals surface area contributed by atoms with Gasteiger partial charge in [-0.05, 0) is 41.3 Å². The zero-order chi connectivity index (χ0) is 28.9. The topological polar surface area (TPSA) is 99.3 Å². The Balaban J connectivity index is 1.31. The fourth-order valence-electron chi connectivity index (χ4n) is 5.60. The highest BCUT2D eigenvalue weighted by Gasteiger charge is 2.37. The summed E-state index contributed by atoms with van der Waals surface area (Å²) in [6.45, 7) is 0.838. The summed E-state index contributed by atoms with van der Waals surface area (Å²) in [5.74, 6) is -0.204. The van der Waals surface area contributed by atoms with Crippen molar-refractivity contribution in [2.24, 2.45) is 0 Å². The minimum atomic E-state index is -0.331. The van der Waals surface area contributed by atoms with Crippen molar-refractivity contribution < 1.29 is 23.9 Å². The molecule has 9 heteroatoms. The molecule has 1 N–H and O–H groups in total. The SMILES string of the molecule is CN1CC(=O)N2CC(NC(=O)Cc3ccc4ccccc4c3)CC2COc2ccccc2C(=O)N(C)CCCC1=O. The van der Waals surface area contributed by atoms with Gasteiger partial charge in [-0.25, -0.2) is 0 Å². The van der Waals surface area contributed by atoms with Crippen LogP contribution in [0.3, 0.4) is 0 Å². The number of para-hydroxylation sites is 1. The standard InChI is InChI=1S/C32H36N4O5/c1-34-15-7-12-30(38)35(2)20-31(39)36-19-25(18-26(36)21-41-28-11-6-5-10-27(28)32(34)40)33-29(37)17-22-13-14-23-8-3-4-9-24(23)16-22/h3-6,8-11,13-14,16,25-26H,7,12,15,17-21H2,1-2H3,(H,33,37). The average Bonchev–Trinajstić information content (AvgIpc) is 3.37. The lowest BCUT2D eigenvalue weighted by Gasteiger charge is -2.27. The van der Waals surface area contributed by atoms with Gasteiger partial charge in [-0.3, -0.25) is 19.2 Å². The van der Waals surface area contributed by atoms with Crippen molar-refractivity contribution in [1.82, 2.24) is 20.0 Å². The van der Waals surface area contributed by atoms with Gasteiger partial charge in [-0.15, -0.1) is 0 Å². The van der Waals surface area contributed by atoms with Crippen LogP contribution in [0.2, 0.25) is 0 Å². The van der Waals surface area contributed by atoms with E-state index < -0.39 is 0 Å². The molecule has 41 heavy (non-hydrogen) atoms. The number of nitrogens with zero attached hydrogens (tertiary/aromatic N) is 3. The normalized spacial score (nSPS) is 20.6. The predicted molar refractivity (Wildman–Crippen MR) is 155 cm³/mol. The Morgan fingerprint density at radius 1 is 0.927 bits per heavy atom. The summed E-state index contributed by atoms with van der Waals surface area (Å²) in [7, 11) is 3.33. The molecule has 0 radical (unpaired) electrons. The zero-order valence-electron chi connectivity index (χ0n) is 23.5. The maximum absolute atomic E-state index is 13.4. The van der Waals surface area contributed by atoms with Crippen molar-refractivity contribution in [1.29, 1.82) is 0 Å². The van der Waals surface area contributed by atoms with Crippen LogP contribution in [0.15, 0.2) is 66.7 Å². The van der Waals surface area contributed by atoms with Crippen LogP contribution in [0.1, 0.15) is 35.2 Å². The lowest BCUT2D eigenvalue weighted by atomic mass is 10.0. The van der Waals surface area contributed by atoms with Crippen molar-refractivity contribution in [3.63, 3.8) is 0 Å². The molecule has 3 aromatic rings. The molecule has 2 unspecified atom stereocenters. The van der Waals surface area contributed by atoms with Gasteiger partial charge in [0, 0.05) is 39.6 Å². The highest BCUT2D eigenvalue weighted by Crippen LogP contribution is 2.24. The molecule has 5 rings (SSSR count). The number of rotatable bonds is 3. The molecule has 0 spiro atoms. The number of fused-ring (bicyclic) bond motifs is 3. The van der Waals surface area contributed by atoms with Crippen molar-refractivity contribution >= 4 is 34.4 Å². The van der Waals surface area contributed by atoms with Crippen molar-refractivity contribution in [3.05, 3.63) is 77.9 Å². The molecule has 0 aromatic heterocycles. The zero-order valence-corrected chi connectivity index (χ0v) is 23.5. The fraction of sp³-hybridized carbons (Fsp3) is 0.375. The second-order valence-corrected chi connectivity index (χ2v) is 10.9. The summed E-state index contributed by atoms with van der Waals surface area (Å²) >= 11 is 0. The molecule has 214 valence electrons. The summed E-state index contributed by atoms with van der Waals surface area (Å²) < 4.78 is 6.15. The van der Waals surface area contributed by atoms with Gasteiger partial charge < -0.3 is 24.8 Å². The maximum atomic E-state index is 13.4. The third kappa shape index (κ3) is 6.67. The first-order valence-corrected chi connectivity index (χ1v) is 14.1. The van der Waals surface area contributed by atoms with Crippen LogP contribution in [-0.4, -0.2) is 90.7 Å². The van der Waals surface area contributed by atoms with E-state index in [9.17, 15) is 19.2 Å². The number of likely N-dealkylation sites (N-methyl/N-ethyl adjacent to an activating group) is 1. The third-order valence-electron chi connectivity index (χ3n) is 7.86. The largest absolute Gasteiger partial charge is 0.491 e. The lowest BCUT2D eigenvalue weighted by molar-refractivity contribution is -0.140. The molecule has 1 fully saturated rings. The van der Waals surface area contributed by atoms with E-state index >= 15 is 0 Å². The van der Waals surface area contributed by atoms with E-state index in [1.807, 2.05) is 42.5 Å². The highest BCUT2D eigenvalue weighted by molar-refractivity contribution is 5.96. The van der Waals surface area contributed by atoms with Gasteiger partial charge in [-0.1, -0.05) is 54.6 Å². The molecule has 0 aliphatic carbocycles. The first-order valence-electron chi connectivity index (χ1n) is 14.1. The number of nitrogens with one attached hydrogen (secondary N) is 1. The molecule has 2 heterocycles. The molecule has 2 atom stereocenters. The highest BCUT2D eigenvalue weighted by atomic mass is 16.5. The molecular formula is C32H36N4O5. The van der Waals surface area contributed by atoms with E-state index in [1.54, 1.807) is 48.2 Å². The van der Waals surface area contributed by atoms with E-state index in [4.69, 9.17) is 4.74 Å². The second kappa shape index (κ2) is 12.4. The summed E-state index contributed by atoms with van der Waals surface area (Å²) in [4.78, 5) is 57.0. The minimum Gasteiger partial charge on any atom is -0.491 e. The number of amides is 4. The van der Waals surface area contributed by atoms with E-state index in [0.717, 1.165) is 16.3 Å². The van der Waals surface area contributed by atoms with Crippen LogP contribution in [0.5, 0.6) is 5.75 Å². The van der Waals surface area contributed by atoms with E-state index in [0.29, 0.717) is 37.2 Å². The summed E-state index contributed by atoms with van der Waals surface area (Å²) in [5.41, 5.74) is 1.35. The van der Waals surface area contributed by atoms with Gasteiger partial charge in [-0.2, -0.15) is 0 Å². The Morgan fingerprint density at radius 2 is 1.68 bits per heavy atom. The monoisotopic (exact) mass is 556 g/mol. The van der Waals surface area contributed by atoms with Crippen LogP contribution in [0.25, 0.3) is 10.8 Å². The van der Waals surface area contributed by atoms with Crippen LogP contribution in [0.4, 0.5) is 0 Å². The quantitative estimate of drug-likeness (QED) is 0.535. The van der Waals surface area contributed by atoms with E-state index in [2.05, 4.69) is 5.32 Å². The van der Waals surface area contributed by atoms with Gasteiger partial charge >= 0.3 is 0 Å². The molecule has 0 bridgehead atoms. The Hall–Kier alpha value is -4.40. The number of carbonyl (C=O) groups excluding carboxylic acids is 4. The molecule has 0 saturated carbocycles. The van der Waals surface area contributed by atoms with Crippen molar-refractivity contribution in [3.8, 4) is 5.75 Å². The van der Waals surface area contributed by atoms with Crippen LogP contribution in [-0.2, 0) is 20.8 Å². The van der Waals surface area contributed by atoms with Crippen LogP contribution in [0, 0.1) is 0 Å². The molecular weight excluding hydrogens is 520 g/mol. The predicted octanol–water partition coefficient (Wildman–Crippen LogP) is 2.87. The maximum Gasteiger partial charge on any atom is 0.257 e. The molecule has 2 aliphatic heterocycles. The lowest BCUT2D eigenvalue weighted by Crippen LogP contribution is -2.46. The summed E-state index contributed by atoms with van der Waals surface area (Å²) in [6, 6.07) is 20.5. The molecule has 1 saturated heterocycles. The van der Waals surface area contributed by atoms with Crippen molar-refractivity contribution in [2.45, 2.75) is 37.8 Å². The number of benzene rings is 3. The van der Waals surface area contributed by atoms with Gasteiger partial charge in [0.15, 0.2) is 0 Å². The number of hydrogen-bond donors (Lipinski definition) is 1. The number of hydrogen-bond acceptors (Lipinski definition) is 5. The molecule has 9 nitrogen and oxygen atoms in total. The summed E-state index contributed by atoms with van der Waals surface area (Å²) in [6.07, 6.45) is 1.45. The Morgan fingerprint density at radius 3 is 2.51 bits per heavy atom. The van der Waals surface area contributed by atoms with E-state index in [-0.39, 0.29) is 61.7 Å². The number of carbonyl (C=O) groups is 4. The smallest absolute Gasteiger partial charge is 0.257 e. The van der Waals surface area contributed by atoms with Crippen LogP contribution < -0.4 is 10.1 Å².